The minimum atomic E-state index is 0.730. The van der Waals surface area contributed by atoms with Crippen LogP contribution < -0.4 is 4.74 Å². The molecule has 1 nitrogen and oxygen atoms in total. The van der Waals surface area contributed by atoms with E-state index in [4.69, 9.17) is 4.74 Å². The van der Waals surface area contributed by atoms with Gasteiger partial charge in [0.1, 0.15) is 5.75 Å². The lowest BCUT2D eigenvalue weighted by Crippen LogP contribution is -1.97. The third kappa shape index (κ3) is 3.53. The Morgan fingerprint density at radius 1 is 0.824 bits per heavy atom. The molecule has 88 valence electrons. The lowest BCUT2D eigenvalue weighted by molar-refractivity contribution is 0.319. The van der Waals surface area contributed by atoms with Crippen LogP contribution in [0.5, 0.6) is 5.75 Å². The normalized spacial score (nSPS) is 10.2. The van der Waals surface area contributed by atoms with Crippen molar-refractivity contribution < 1.29 is 4.74 Å². The molecular weight excluding hydrogens is 228 g/mol. The Hall–Kier alpha value is -1.41. The molecule has 0 spiro atoms. The maximum atomic E-state index is 5.59. The van der Waals surface area contributed by atoms with Crippen molar-refractivity contribution in [1.29, 1.82) is 0 Å². The van der Waals surface area contributed by atoms with Crippen LogP contribution in [0.25, 0.3) is 11.1 Å². The van der Waals surface area contributed by atoms with E-state index in [2.05, 4.69) is 36.9 Å². The summed E-state index contributed by atoms with van der Waals surface area (Å²) in [5.74, 6) is 1.79. The van der Waals surface area contributed by atoms with Crippen molar-refractivity contribution >= 4 is 12.6 Å². The average Bonchev–Trinajstić information content (AvgIpc) is 2.41. The van der Waals surface area contributed by atoms with E-state index in [0.717, 1.165) is 24.5 Å². The van der Waals surface area contributed by atoms with Gasteiger partial charge in [-0.2, -0.15) is 12.6 Å². The van der Waals surface area contributed by atoms with Crippen molar-refractivity contribution in [2.75, 3.05) is 12.4 Å². The van der Waals surface area contributed by atoms with Gasteiger partial charge in [-0.05, 0) is 35.4 Å². The molecule has 0 aliphatic heterocycles. The molecule has 0 atom stereocenters. The summed E-state index contributed by atoms with van der Waals surface area (Å²) in [6.07, 6.45) is 0.976. The van der Waals surface area contributed by atoms with E-state index in [0.29, 0.717) is 0 Å². The lowest BCUT2D eigenvalue weighted by Gasteiger charge is -2.06. The molecule has 0 fully saturated rings. The van der Waals surface area contributed by atoms with Crippen LogP contribution in [0.2, 0.25) is 0 Å². The first-order valence-corrected chi connectivity index (χ1v) is 6.42. The molecule has 2 aromatic rings. The molecule has 0 saturated heterocycles. The Morgan fingerprint density at radius 3 is 2.12 bits per heavy atom. The molecule has 0 radical (unpaired) electrons. The summed E-state index contributed by atoms with van der Waals surface area (Å²) in [7, 11) is 0. The number of ether oxygens (including phenoxy) is 1. The third-order valence-electron chi connectivity index (χ3n) is 2.53. The van der Waals surface area contributed by atoms with Crippen molar-refractivity contribution in [3.05, 3.63) is 54.6 Å². The standard InChI is InChI=1S/C15H16OS/c17-12-4-11-16-15-9-7-14(8-10-15)13-5-2-1-3-6-13/h1-3,5-10,17H,4,11-12H2. The molecule has 2 rings (SSSR count). The smallest absolute Gasteiger partial charge is 0.119 e. The Morgan fingerprint density at radius 2 is 1.47 bits per heavy atom. The van der Waals surface area contributed by atoms with Crippen LogP contribution in [0.1, 0.15) is 6.42 Å². The van der Waals surface area contributed by atoms with Gasteiger partial charge in [0.2, 0.25) is 0 Å². The highest BCUT2D eigenvalue weighted by Crippen LogP contribution is 2.21. The maximum absolute atomic E-state index is 5.59. The Bertz CT molecular complexity index is 436. The Balaban J connectivity index is 2.03. The first kappa shape index (κ1) is 12.1. The largest absolute Gasteiger partial charge is 0.494 e. The van der Waals surface area contributed by atoms with E-state index in [-0.39, 0.29) is 0 Å². The van der Waals surface area contributed by atoms with Gasteiger partial charge in [0, 0.05) is 0 Å². The van der Waals surface area contributed by atoms with Crippen LogP contribution >= 0.6 is 12.6 Å². The SMILES string of the molecule is SCCCOc1ccc(-c2ccccc2)cc1. The minimum absolute atomic E-state index is 0.730. The van der Waals surface area contributed by atoms with E-state index in [1.807, 2.05) is 30.3 Å². The topological polar surface area (TPSA) is 9.23 Å². The molecule has 17 heavy (non-hydrogen) atoms. The number of thiol groups is 1. The van der Waals surface area contributed by atoms with Gasteiger partial charge in [-0.25, -0.2) is 0 Å². The second-order valence-electron chi connectivity index (χ2n) is 3.82. The predicted molar refractivity (Wildman–Crippen MR) is 75.8 cm³/mol. The molecule has 0 N–H and O–H groups in total. The molecule has 0 heterocycles. The van der Waals surface area contributed by atoms with Gasteiger partial charge in [-0.3, -0.25) is 0 Å². The van der Waals surface area contributed by atoms with Gasteiger partial charge < -0.3 is 4.74 Å². The van der Waals surface area contributed by atoms with E-state index in [9.17, 15) is 0 Å². The summed E-state index contributed by atoms with van der Waals surface area (Å²) in [5, 5.41) is 0. The van der Waals surface area contributed by atoms with E-state index < -0.39 is 0 Å². The highest BCUT2D eigenvalue weighted by Gasteiger charge is 1.97. The Labute approximate surface area is 108 Å². The van der Waals surface area contributed by atoms with Gasteiger partial charge in [-0.1, -0.05) is 42.5 Å². The van der Waals surface area contributed by atoms with E-state index in [1.165, 1.54) is 11.1 Å². The minimum Gasteiger partial charge on any atom is -0.494 e. The number of rotatable bonds is 5. The molecule has 0 aromatic heterocycles. The third-order valence-corrected chi connectivity index (χ3v) is 2.85. The second-order valence-corrected chi connectivity index (χ2v) is 4.26. The summed E-state index contributed by atoms with van der Waals surface area (Å²) in [6.45, 7) is 0.730. The monoisotopic (exact) mass is 244 g/mol. The fourth-order valence-electron chi connectivity index (χ4n) is 1.63. The molecule has 0 saturated carbocycles. The van der Waals surface area contributed by atoms with Crippen molar-refractivity contribution in [2.45, 2.75) is 6.42 Å². The van der Waals surface area contributed by atoms with Crippen LogP contribution in [0.3, 0.4) is 0 Å². The zero-order valence-corrected chi connectivity index (χ0v) is 10.6. The van der Waals surface area contributed by atoms with Gasteiger partial charge in [0.25, 0.3) is 0 Å². The fraction of sp³-hybridized carbons (Fsp3) is 0.200. The van der Waals surface area contributed by atoms with Crippen LogP contribution in [-0.2, 0) is 0 Å². The maximum Gasteiger partial charge on any atom is 0.119 e. The molecule has 0 amide bonds. The quantitative estimate of drug-likeness (QED) is 0.616. The zero-order valence-electron chi connectivity index (χ0n) is 9.67. The van der Waals surface area contributed by atoms with Gasteiger partial charge >= 0.3 is 0 Å². The van der Waals surface area contributed by atoms with Gasteiger partial charge in [0.05, 0.1) is 6.61 Å². The molecule has 2 heteroatoms. The first-order valence-electron chi connectivity index (χ1n) is 5.79. The van der Waals surface area contributed by atoms with Crippen LogP contribution in [0.15, 0.2) is 54.6 Å². The highest BCUT2D eigenvalue weighted by atomic mass is 32.1. The molecular formula is C15H16OS. The van der Waals surface area contributed by atoms with Crippen LogP contribution in [-0.4, -0.2) is 12.4 Å². The summed E-state index contributed by atoms with van der Waals surface area (Å²) < 4.78 is 5.59. The van der Waals surface area contributed by atoms with Crippen LogP contribution in [0, 0.1) is 0 Å². The molecule has 2 aromatic carbocycles. The van der Waals surface area contributed by atoms with Gasteiger partial charge in [-0.15, -0.1) is 0 Å². The van der Waals surface area contributed by atoms with Crippen molar-refractivity contribution in [2.24, 2.45) is 0 Å². The molecule has 0 unspecified atom stereocenters. The summed E-state index contributed by atoms with van der Waals surface area (Å²) >= 11 is 4.15. The van der Waals surface area contributed by atoms with E-state index in [1.54, 1.807) is 0 Å². The number of benzene rings is 2. The summed E-state index contributed by atoms with van der Waals surface area (Å²) in [4.78, 5) is 0. The summed E-state index contributed by atoms with van der Waals surface area (Å²) in [5.41, 5.74) is 2.45. The first-order chi connectivity index (χ1) is 8.40. The second kappa shape index (κ2) is 6.36. The van der Waals surface area contributed by atoms with Crippen LogP contribution in [0.4, 0.5) is 0 Å². The summed E-state index contributed by atoms with van der Waals surface area (Å²) in [6, 6.07) is 18.5. The average molecular weight is 244 g/mol. The molecule has 0 bridgehead atoms. The predicted octanol–water partition coefficient (Wildman–Crippen LogP) is 4.05. The number of hydrogen-bond donors (Lipinski definition) is 1. The highest BCUT2D eigenvalue weighted by molar-refractivity contribution is 7.80. The van der Waals surface area contributed by atoms with Crippen molar-refractivity contribution in [1.82, 2.24) is 0 Å². The fourth-order valence-corrected chi connectivity index (χ4v) is 1.76. The van der Waals surface area contributed by atoms with Gasteiger partial charge in [0.15, 0.2) is 0 Å². The Kier molecular flexibility index (Phi) is 4.51. The molecule has 0 aliphatic carbocycles. The van der Waals surface area contributed by atoms with E-state index >= 15 is 0 Å². The lowest BCUT2D eigenvalue weighted by atomic mass is 10.1. The number of hydrogen-bond acceptors (Lipinski definition) is 2. The molecule has 0 aliphatic rings. The van der Waals surface area contributed by atoms with Crippen molar-refractivity contribution in [3.63, 3.8) is 0 Å². The zero-order chi connectivity index (χ0) is 11.9. The van der Waals surface area contributed by atoms with Crippen molar-refractivity contribution in [3.8, 4) is 16.9 Å².